The van der Waals surface area contributed by atoms with Crippen LogP contribution in [0.1, 0.15) is 20.8 Å². The Hall–Kier alpha value is -1.12. The van der Waals surface area contributed by atoms with Crippen LogP contribution < -0.4 is 0 Å². The summed E-state index contributed by atoms with van der Waals surface area (Å²) in [5.74, 6) is -0.210. The van der Waals surface area contributed by atoms with E-state index in [0.717, 1.165) is 0 Å². The second-order valence-corrected chi connectivity index (χ2v) is 2.80. The molecule has 0 rings (SSSR count). The van der Waals surface area contributed by atoms with Gasteiger partial charge in [0.2, 0.25) is 0 Å². The van der Waals surface area contributed by atoms with E-state index in [9.17, 15) is 4.79 Å². The summed E-state index contributed by atoms with van der Waals surface area (Å²) in [6, 6.07) is 0. The van der Waals surface area contributed by atoms with Gasteiger partial charge in [-0.3, -0.25) is 4.99 Å². The quantitative estimate of drug-likeness (QED) is 0.367. The van der Waals surface area contributed by atoms with E-state index in [-0.39, 0.29) is 11.9 Å². The van der Waals surface area contributed by atoms with E-state index in [1.165, 1.54) is 7.11 Å². The summed E-state index contributed by atoms with van der Waals surface area (Å²) in [7, 11) is 1.36. The summed E-state index contributed by atoms with van der Waals surface area (Å²) >= 11 is 0. The van der Waals surface area contributed by atoms with Gasteiger partial charge in [0.15, 0.2) is 0 Å². The number of nitrogens with zero attached hydrogens (tertiary/aromatic N) is 1. The Morgan fingerprint density at radius 2 is 2.00 bits per heavy atom. The van der Waals surface area contributed by atoms with Crippen LogP contribution in [0.15, 0.2) is 16.3 Å². The van der Waals surface area contributed by atoms with Crippen molar-refractivity contribution >= 4 is 12.7 Å². The molecule has 0 aromatic heterocycles. The molecule has 0 aliphatic carbocycles. The van der Waals surface area contributed by atoms with Crippen LogP contribution in [0.5, 0.6) is 0 Å². The first kappa shape index (κ1) is 10.9. The smallest absolute Gasteiger partial charge is 0.335 e. The Morgan fingerprint density at radius 1 is 1.50 bits per heavy atom. The lowest BCUT2D eigenvalue weighted by Crippen LogP contribution is -2.11. The van der Waals surface area contributed by atoms with Crippen LogP contribution in [0.2, 0.25) is 0 Å². The van der Waals surface area contributed by atoms with Crippen LogP contribution in [0.4, 0.5) is 0 Å². The van der Waals surface area contributed by atoms with E-state index in [0.29, 0.717) is 11.3 Å². The summed E-state index contributed by atoms with van der Waals surface area (Å²) < 4.78 is 4.61. The molecule has 0 spiro atoms. The van der Waals surface area contributed by atoms with E-state index >= 15 is 0 Å². The molecule has 0 heterocycles. The molecule has 0 aromatic rings. The number of rotatable bonds is 3. The van der Waals surface area contributed by atoms with E-state index in [2.05, 4.69) is 16.4 Å². The molecule has 0 fully saturated rings. The lowest BCUT2D eigenvalue weighted by Gasteiger charge is -2.09. The summed E-state index contributed by atoms with van der Waals surface area (Å²) in [6.07, 6.45) is 0. The van der Waals surface area contributed by atoms with Gasteiger partial charge in [0.25, 0.3) is 0 Å². The van der Waals surface area contributed by atoms with Crippen molar-refractivity contribution in [2.45, 2.75) is 20.8 Å². The molecular weight excluding hydrogens is 154 g/mol. The fourth-order valence-corrected chi connectivity index (χ4v) is 0.996. The average molecular weight is 169 g/mol. The standard InChI is InChI=1S/C9H15NO2/c1-6(2)8(7(3)10-4)9(11)12-5/h6H,4H2,1-3,5H3/b8-7+. The van der Waals surface area contributed by atoms with Crippen molar-refractivity contribution in [2.24, 2.45) is 10.9 Å². The molecular formula is C9H15NO2. The van der Waals surface area contributed by atoms with E-state index in [1.54, 1.807) is 6.92 Å². The fourth-order valence-electron chi connectivity index (χ4n) is 0.996. The monoisotopic (exact) mass is 169 g/mol. The van der Waals surface area contributed by atoms with Gasteiger partial charge in [-0.1, -0.05) is 13.8 Å². The predicted octanol–water partition coefficient (Wildman–Crippen LogP) is 1.79. The second kappa shape index (κ2) is 4.70. The largest absolute Gasteiger partial charge is 0.466 e. The lowest BCUT2D eigenvalue weighted by molar-refractivity contribution is -0.136. The summed E-state index contributed by atoms with van der Waals surface area (Å²) in [6.45, 7) is 8.95. The van der Waals surface area contributed by atoms with Crippen LogP contribution in [-0.2, 0) is 9.53 Å². The summed E-state index contributed by atoms with van der Waals surface area (Å²) in [5.41, 5.74) is 1.23. The minimum atomic E-state index is -0.324. The SMILES string of the molecule is C=N/C(C)=C(/C(=O)OC)C(C)C. The molecule has 0 radical (unpaired) electrons. The zero-order valence-electron chi connectivity index (χ0n) is 8.05. The van der Waals surface area contributed by atoms with Gasteiger partial charge in [-0.05, 0) is 19.6 Å². The first-order valence-corrected chi connectivity index (χ1v) is 3.80. The van der Waals surface area contributed by atoms with Crippen molar-refractivity contribution < 1.29 is 9.53 Å². The summed E-state index contributed by atoms with van der Waals surface area (Å²) in [5, 5.41) is 0. The van der Waals surface area contributed by atoms with Gasteiger partial charge in [0.1, 0.15) is 0 Å². The molecule has 0 bridgehead atoms. The maximum atomic E-state index is 11.2. The number of hydrogen-bond donors (Lipinski definition) is 0. The van der Waals surface area contributed by atoms with Gasteiger partial charge in [-0.15, -0.1) is 0 Å². The normalized spacial score (nSPS) is 12.4. The number of esters is 1. The van der Waals surface area contributed by atoms with Crippen LogP contribution in [-0.4, -0.2) is 19.8 Å². The molecule has 0 aliphatic heterocycles. The molecule has 3 heteroatoms. The molecule has 0 saturated heterocycles. The maximum Gasteiger partial charge on any atom is 0.335 e. The highest BCUT2D eigenvalue weighted by Gasteiger charge is 2.16. The topological polar surface area (TPSA) is 38.7 Å². The summed E-state index contributed by atoms with van der Waals surface area (Å²) in [4.78, 5) is 14.9. The highest BCUT2D eigenvalue weighted by Crippen LogP contribution is 2.16. The molecule has 0 aliphatic rings. The molecule has 0 unspecified atom stereocenters. The van der Waals surface area contributed by atoms with Crippen LogP contribution in [0, 0.1) is 5.92 Å². The lowest BCUT2D eigenvalue weighted by atomic mass is 10.0. The second-order valence-electron chi connectivity index (χ2n) is 2.80. The number of hydrogen-bond acceptors (Lipinski definition) is 3. The van der Waals surface area contributed by atoms with Gasteiger partial charge < -0.3 is 4.74 Å². The number of allylic oxidation sites excluding steroid dienone is 1. The highest BCUT2D eigenvalue weighted by atomic mass is 16.5. The van der Waals surface area contributed by atoms with Crippen LogP contribution >= 0.6 is 0 Å². The number of ether oxygens (including phenoxy) is 1. The van der Waals surface area contributed by atoms with Crippen molar-refractivity contribution in [3.8, 4) is 0 Å². The predicted molar refractivity (Wildman–Crippen MR) is 49.1 cm³/mol. The number of methoxy groups -OCH3 is 1. The molecule has 0 N–H and O–H groups in total. The zero-order valence-corrected chi connectivity index (χ0v) is 8.05. The first-order valence-electron chi connectivity index (χ1n) is 3.80. The van der Waals surface area contributed by atoms with Gasteiger partial charge in [0.05, 0.1) is 12.7 Å². The molecule has 0 aromatic carbocycles. The Bertz CT molecular complexity index is 217. The van der Waals surface area contributed by atoms with Gasteiger partial charge in [0, 0.05) is 5.70 Å². The van der Waals surface area contributed by atoms with E-state index < -0.39 is 0 Å². The fraction of sp³-hybridized carbons (Fsp3) is 0.556. The van der Waals surface area contributed by atoms with Crippen molar-refractivity contribution in [3.63, 3.8) is 0 Å². The zero-order chi connectivity index (χ0) is 9.72. The third-order valence-corrected chi connectivity index (χ3v) is 1.61. The number of aliphatic imine (C=N–C) groups is 1. The van der Waals surface area contributed by atoms with Gasteiger partial charge in [-0.2, -0.15) is 0 Å². The Balaban J connectivity index is 4.90. The maximum absolute atomic E-state index is 11.2. The van der Waals surface area contributed by atoms with Gasteiger partial charge in [-0.25, -0.2) is 4.79 Å². The van der Waals surface area contributed by atoms with E-state index in [1.807, 2.05) is 13.8 Å². The van der Waals surface area contributed by atoms with E-state index in [4.69, 9.17) is 0 Å². The minimum absolute atomic E-state index is 0.114. The van der Waals surface area contributed by atoms with Crippen molar-refractivity contribution in [1.82, 2.24) is 0 Å². The highest BCUT2D eigenvalue weighted by molar-refractivity contribution is 5.89. The number of carbonyl (C=O) groups excluding carboxylic acids is 1. The Labute approximate surface area is 73.1 Å². The Kier molecular flexibility index (Phi) is 4.26. The van der Waals surface area contributed by atoms with Crippen molar-refractivity contribution in [3.05, 3.63) is 11.3 Å². The first-order chi connectivity index (χ1) is 5.54. The third kappa shape index (κ3) is 2.49. The minimum Gasteiger partial charge on any atom is -0.466 e. The van der Waals surface area contributed by atoms with Crippen LogP contribution in [0.3, 0.4) is 0 Å². The average Bonchev–Trinajstić information content (AvgIpc) is 2.03. The molecule has 3 nitrogen and oxygen atoms in total. The molecule has 12 heavy (non-hydrogen) atoms. The van der Waals surface area contributed by atoms with Crippen molar-refractivity contribution in [1.29, 1.82) is 0 Å². The Morgan fingerprint density at radius 3 is 2.25 bits per heavy atom. The van der Waals surface area contributed by atoms with Crippen molar-refractivity contribution in [2.75, 3.05) is 7.11 Å². The van der Waals surface area contributed by atoms with Gasteiger partial charge >= 0.3 is 5.97 Å². The molecule has 0 amide bonds. The van der Waals surface area contributed by atoms with Crippen LogP contribution in [0.25, 0.3) is 0 Å². The number of carbonyl (C=O) groups is 1. The molecule has 68 valence electrons. The molecule has 0 saturated carbocycles. The third-order valence-electron chi connectivity index (χ3n) is 1.61. The molecule has 0 atom stereocenters.